The normalized spacial score (nSPS) is 14.2. The van der Waals surface area contributed by atoms with E-state index < -0.39 is 0 Å². The van der Waals surface area contributed by atoms with Gasteiger partial charge in [0.2, 0.25) is 5.90 Å². The third kappa shape index (κ3) is 7.21. The molecule has 0 radical (unpaired) electrons. The predicted molar refractivity (Wildman–Crippen MR) is 151 cm³/mol. The van der Waals surface area contributed by atoms with Crippen LogP contribution in [0.1, 0.15) is 40.6 Å². The summed E-state index contributed by atoms with van der Waals surface area (Å²) in [5.74, 6) is -0.279. The quantitative estimate of drug-likeness (QED) is 0.236. The number of amides is 1. The van der Waals surface area contributed by atoms with Crippen LogP contribution >= 0.6 is 11.5 Å². The van der Waals surface area contributed by atoms with Crippen molar-refractivity contribution in [3.8, 4) is 0 Å². The first kappa shape index (κ1) is 26.9. The van der Waals surface area contributed by atoms with Crippen molar-refractivity contribution in [1.29, 1.82) is 16.2 Å². The monoisotopic (exact) mass is 529 g/mol. The Morgan fingerprint density at radius 2 is 1.89 bits per heavy atom. The van der Waals surface area contributed by atoms with Crippen LogP contribution in [0, 0.1) is 16.2 Å². The van der Waals surface area contributed by atoms with Gasteiger partial charge in [0.1, 0.15) is 10.7 Å². The van der Waals surface area contributed by atoms with Gasteiger partial charge >= 0.3 is 0 Å². The van der Waals surface area contributed by atoms with E-state index in [1.54, 1.807) is 47.6 Å². The summed E-state index contributed by atoms with van der Waals surface area (Å²) in [4.78, 5) is 17.9. The molecule has 0 saturated carbocycles. The minimum atomic E-state index is -0.210. The second-order valence-corrected chi connectivity index (χ2v) is 9.81. The van der Waals surface area contributed by atoms with Crippen LogP contribution in [0.2, 0.25) is 0 Å². The maximum absolute atomic E-state index is 13.4. The molecule has 1 aromatic heterocycles. The molecule has 4 N–H and O–H groups in total. The Morgan fingerprint density at radius 3 is 2.58 bits per heavy atom. The molecule has 38 heavy (non-hydrogen) atoms. The van der Waals surface area contributed by atoms with Gasteiger partial charge in [0.25, 0.3) is 5.91 Å². The molecule has 2 heterocycles. The number of ether oxygens (including phenoxy) is 1. The molecule has 1 saturated heterocycles. The molecule has 1 aliphatic rings. The third-order valence-corrected chi connectivity index (χ3v) is 6.90. The van der Waals surface area contributed by atoms with E-state index in [1.807, 2.05) is 24.3 Å². The Kier molecular flexibility index (Phi) is 9.12. The van der Waals surface area contributed by atoms with Crippen LogP contribution in [0.3, 0.4) is 0 Å². The molecule has 0 unspecified atom stereocenters. The number of rotatable bonds is 8. The SMILES string of the molecule is CC(=N)OC(=N)c1cccc(N/C=C\C(=N)N(C(=O)c2ccns2)C2CCN(Cc3ccccc3)CC2)c1. The average molecular weight is 530 g/mol. The average Bonchev–Trinajstić information content (AvgIpc) is 3.45. The number of aromatic nitrogens is 1. The summed E-state index contributed by atoms with van der Waals surface area (Å²) >= 11 is 1.14. The second kappa shape index (κ2) is 12.9. The van der Waals surface area contributed by atoms with Gasteiger partial charge < -0.3 is 10.1 Å². The Bertz CT molecular complexity index is 1300. The molecular formula is C28H31N7O2S. The van der Waals surface area contributed by atoms with Crippen molar-refractivity contribution < 1.29 is 9.53 Å². The Morgan fingerprint density at radius 1 is 1.13 bits per heavy atom. The Labute approximate surface area is 226 Å². The van der Waals surface area contributed by atoms with Crippen molar-refractivity contribution in [2.24, 2.45) is 0 Å². The lowest BCUT2D eigenvalue weighted by molar-refractivity contribution is 0.0734. The van der Waals surface area contributed by atoms with Crippen LogP contribution in [-0.2, 0) is 11.3 Å². The Hall–Kier alpha value is -4.15. The van der Waals surface area contributed by atoms with E-state index in [2.05, 4.69) is 26.7 Å². The van der Waals surface area contributed by atoms with E-state index in [1.165, 1.54) is 12.5 Å². The summed E-state index contributed by atoms with van der Waals surface area (Å²) in [6.45, 7) is 4.03. The smallest absolute Gasteiger partial charge is 0.271 e. The minimum Gasteiger partial charge on any atom is -0.426 e. The highest BCUT2D eigenvalue weighted by Gasteiger charge is 2.31. The number of hydrogen-bond acceptors (Lipinski definition) is 9. The van der Waals surface area contributed by atoms with Crippen molar-refractivity contribution in [2.45, 2.75) is 32.4 Å². The van der Waals surface area contributed by atoms with Gasteiger partial charge in [-0.1, -0.05) is 36.4 Å². The van der Waals surface area contributed by atoms with Gasteiger partial charge in [-0.05, 0) is 60.3 Å². The van der Waals surface area contributed by atoms with E-state index in [4.69, 9.17) is 21.0 Å². The number of hydrogen-bond donors (Lipinski definition) is 4. The maximum Gasteiger partial charge on any atom is 0.271 e. The largest absolute Gasteiger partial charge is 0.426 e. The number of benzene rings is 2. The summed E-state index contributed by atoms with van der Waals surface area (Å²) in [5, 5.41) is 27.3. The van der Waals surface area contributed by atoms with Crippen molar-refractivity contribution in [3.63, 3.8) is 0 Å². The van der Waals surface area contributed by atoms with Gasteiger partial charge in [0, 0.05) is 56.2 Å². The number of piperidine rings is 1. The summed E-state index contributed by atoms with van der Waals surface area (Å²) < 4.78 is 9.15. The first-order valence-electron chi connectivity index (χ1n) is 12.3. The zero-order chi connectivity index (χ0) is 26.9. The molecule has 1 fully saturated rings. The zero-order valence-electron chi connectivity index (χ0n) is 21.2. The minimum absolute atomic E-state index is 0.0571. The fourth-order valence-corrected chi connectivity index (χ4v) is 4.89. The van der Waals surface area contributed by atoms with Gasteiger partial charge in [0.05, 0.1) is 0 Å². The van der Waals surface area contributed by atoms with Crippen LogP contribution in [0.25, 0.3) is 0 Å². The van der Waals surface area contributed by atoms with E-state index in [0.29, 0.717) is 16.1 Å². The summed E-state index contributed by atoms with van der Waals surface area (Å²) in [5.41, 5.74) is 2.48. The van der Waals surface area contributed by atoms with Crippen LogP contribution in [0.4, 0.5) is 5.69 Å². The van der Waals surface area contributed by atoms with Crippen molar-refractivity contribution >= 4 is 40.8 Å². The number of carbonyl (C=O) groups is 1. The fourth-order valence-electron chi connectivity index (χ4n) is 4.35. The van der Waals surface area contributed by atoms with Crippen molar-refractivity contribution in [2.75, 3.05) is 18.4 Å². The van der Waals surface area contributed by atoms with E-state index in [-0.39, 0.29) is 29.6 Å². The second-order valence-electron chi connectivity index (χ2n) is 8.98. The first-order chi connectivity index (χ1) is 18.4. The number of nitrogens with zero attached hydrogens (tertiary/aromatic N) is 3. The number of likely N-dealkylation sites (tertiary alicyclic amines) is 1. The van der Waals surface area contributed by atoms with Gasteiger partial charge in [-0.15, -0.1) is 0 Å². The molecule has 196 valence electrons. The van der Waals surface area contributed by atoms with Gasteiger partial charge in [-0.25, -0.2) is 4.37 Å². The standard InChI is InChI=1S/C28H31N7O2S/c1-20(29)37-27(31)22-8-5-9-23(18-22)32-14-11-26(30)35(28(36)25-10-15-33-38-25)24-12-16-34(17-13-24)19-21-6-3-2-4-7-21/h2-11,14-15,18,24,29-32H,12-13,16-17,19H2,1H3/b14-11-,29-20?,30-26?,31-27?. The van der Waals surface area contributed by atoms with Crippen molar-refractivity contribution in [1.82, 2.24) is 14.2 Å². The lowest BCUT2D eigenvalue weighted by atomic mass is 10.0. The van der Waals surface area contributed by atoms with Gasteiger partial charge in [0.15, 0.2) is 5.90 Å². The molecule has 4 rings (SSSR count). The molecule has 1 aliphatic heterocycles. The lowest BCUT2D eigenvalue weighted by Gasteiger charge is -2.38. The topological polar surface area (TPSA) is 129 Å². The number of nitrogens with one attached hydrogen (secondary N) is 4. The molecule has 0 aliphatic carbocycles. The van der Waals surface area contributed by atoms with Crippen LogP contribution < -0.4 is 5.32 Å². The van der Waals surface area contributed by atoms with Crippen molar-refractivity contribution in [3.05, 3.63) is 95.1 Å². The lowest BCUT2D eigenvalue weighted by Crippen LogP contribution is -2.49. The van der Waals surface area contributed by atoms with E-state index in [9.17, 15) is 4.79 Å². The maximum atomic E-state index is 13.4. The number of amidine groups is 1. The van der Waals surface area contributed by atoms with Crippen LogP contribution in [-0.4, -0.2) is 56.8 Å². The predicted octanol–water partition coefficient (Wildman–Crippen LogP) is 5.19. The summed E-state index contributed by atoms with van der Waals surface area (Å²) in [6, 6.07) is 19.0. The molecular weight excluding hydrogens is 498 g/mol. The number of anilines is 1. The molecule has 1 amide bonds. The number of carbonyl (C=O) groups excluding carboxylic acids is 1. The fraction of sp³-hybridized carbons (Fsp3) is 0.250. The zero-order valence-corrected chi connectivity index (χ0v) is 22.0. The molecule has 2 aromatic carbocycles. The highest BCUT2D eigenvalue weighted by Crippen LogP contribution is 2.22. The summed E-state index contributed by atoms with van der Waals surface area (Å²) in [7, 11) is 0. The van der Waals surface area contributed by atoms with Gasteiger partial charge in [-0.2, -0.15) is 0 Å². The highest BCUT2D eigenvalue weighted by molar-refractivity contribution is 7.08. The Balaban J connectivity index is 1.42. The molecule has 10 heteroatoms. The van der Waals surface area contributed by atoms with E-state index >= 15 is 0 Å². The molecule has 3 aromatic rings. The van der Waals surface area contributed by atoms with Crippen LogP contribution in [0.5, 0.6) is 0 Å². The van der Waals surface area contributed by atoms with E-state index in [0.717, 1.165) is 44.0 Å². The van der Waals surface area contributed by atoms with Crippen LogP contribution in [0.15, 0.2) is 79.1 Å². The molecule has 9 nitrogen and oxygen atoms in total. The molecule has 0 bridgehead atoms. The van der Waals surface area contributed by atoms with Gasteiger partial charge in [-0.3, -0.25) is 30.8 Å². The summed E-state index contributed by atoms with van der Waals surface area (Å²) in [6.07, 6.45) is 6.35. The third-order valence-electron chi connectivity index (χ3n) is 6.17. The molecule has 0 spiro atoms. The molecule has 0 atom stereocenters. The first-order valence-corrected chi connectivity index (χ1v) is 13.1. The highest BCUT2D eigenvalue weighted by atomic mass is 32.1.